The number of thioether (sulfide) groups is 1. The molecule has 126 valence electrons. The molecular weight excluding hydrogens is 308 g/mol. The molecule has 1 unspecified atom stereocenters. The van der Waals surface area contributed by atoms with E-state index in [1.807, 2.05) is 0 Å². The lowest BCUT2D eigenvalue weighted by Crippen LogP contribution is -2.43. The van der Waals surface area contributed by atoms with Crippen molar-refractivity contribution in [1.82, 2.24) is 4.90 Å². The van der Waals surface area contributed by atoms with Crippen LogP contribution in [-0.4, -0.2) is 55.8 Å². The number of nitrogens with zero attached hydrogens (tertiary/aromatic N) is 2. The van der Waals surface area contributed by atoms with E-state index in [0.29, 0.717) is 12.6 Å². The first kappa shape index (κ1) is 18.0. The first-order valence-corrected chi connectivity index (χ1v) is 9.23. The third-order valence-corrected chi connectivity index (χ3v) is 4.69. The minimum absolute atomic E-state index is 0.408. The number of hydrogen-bond acceptors (Lipinski definition) is 5. The highest BCUT2D eigenvalue weighted by atomic mass is 32.2. The zero-order valence-electron chi connectivity index (χ0n) is 14.0. The van der Waals surface area contributed by atoms with E-state index in [9.17, 15) is 0 Å². The highest BCUT2D eigenvalue weighted by Gasteiger charge is 2.19. The molecule has 1 aromatic carbocycles. The Morgan fingerprint density at radius 3 is 2.70 bits per heavy atom. The van der Waals surface area contributed by atoms with E-state index in [2.05, 4.69) is 54.1 Å². The summed E-state index contributed by atoms with van der Waals surface area (Å²) in [6, 6.07) is 8.90. The van der Waals surface area contributed by atoms with Crippen LogP contribution in [0.5, 0.6) is 0 Å². The third kappa shape index (κ3) is 5.68. The molecule has 1 fully saturated rings. The Bertz CT molecular complexity index is 510. The Kier molecular flexibility index (Phi) is 7.65. The maximum Gasteiger partial charge on any atom is 0.135 e. The van der Waals surface area contributed by atoms with Crippen molar-refractivity contribution >= 4 is 17.5 Å². The number of benzene rings is 1. The summed E-state index contributed by atoms with van der Waals surface area (Å²) >= 11 is 1.74. The molecule has 4 nitrogen and oxygen atoms in total. The highest BCUT2D eigenvalue weighted by molar-refractivity contribution is 7.98. The molecule has 0 aliphatic carbocycles. The van der Waals surface area contributed by atoms with Crippen molar-refractivity contribution in [3.05, 3.63) is 42.5 Å². The van der Waals surface area contributed by atoms with E-state index in [1.165, 1.54) is 4.90 Å². The Labute approximate surface area is 143 Å². The molecule has 23 heavy (non-hydrogen) atoms. The maximum absolute atomic E-state index is 5.43. The van der Waals surface area contributed by atoms with Crippen LogP contribution in [0.1, 0.15) is 18.9 Å². The molecule has 0 amide bonds. The van der Waals surface area contributed by atoms with E-state index in [4.69, 9.17) is 9.57 Å². The molecule has 2 rings (SSSR count). The Hall–Kier alpha value is -1.30. The van der Waals surface area contributed by atoms with E-state index < -0.39 is 0 Å². The molecule has 1 aliphatic rings. The van der Waals surface area contributed by atoms with Crippen LogP contribution in [0.25, 0.3) is 0 Å². The lowest BCUT2D eigenvalue weighted by atomic mass is 10.0. The van der Waals surface area contributed by atoms with Crippen LogP contribution >= 0.6 is 11.8 Å². The van der Waals surface area contributed by atoms with Crippen molar-refractivity contribution in [3.63, 3.8) is 0 Å². The molecule has 0 N–H and O–H groups in total. The summed E-state index contributed by atoms with van der Waals surface area (Å²) in [7, 11) is 0. The summed E-state index contributed by atoms with van der Waals surface area (Å²) in [5.41, 5.74) is 2.10. The Morgan fingerprint density at radius 1 is 1.39 bits per heavy atom. The summed E-state index contributed by atoms with van der Waals surface area (Å²) in [4.78, 5) is 9.06. The SMILES string of the molecule is C=CCON=C(CC(C)N1CCOCC1)c1ccc(SC)cc1. The zero-order chi connectivity index (χ0) is 16.5. The average Bonchev–Trinajstić information content (AvgIpc) is 2.62. The second kappa shape index (κ2) is 9.75. The quantitative estimate of drug-likeness (QED) is 0.240. The summed E-state index contributed by atoms with van der Waals surface area (Å²) < 4.78 is 5.43. The molecule has 1 aromatic rings. The summed E-state index contributed by atoms with van der Waals surface area (Å²) in [6.07, 6.45) is 4.65. The first-order valence-electron chi connectivity index (χ1n) is 8.00. The van der Waals surface area contributed by atoms with Gasteiger partial charge in [-0.05, 0) is 30.9 Å². The van der Waals surface area contributed by atoms with Crippen molar-refractivity contribution in [2.75, 3.05) is 39.2 Å². The van der Waals surface area contributed by atoms with Gasteiger partial charge in [0.1, 0.15) is 6.61 Å². The van der Waals surface area contributed by atoms with Gasteiger partial charge in [-0.15, -0.1) is 11.8 Å². The number of morpholine rings is 1. The highest BCUT2D eigenvalue weighted by Crippen LogP contribution is 2.18. The van der Waals surface area contributed by atoms with Gasteiger partial charge in [0.15, 0.2) is 0 Å². The summed E-state index contributed by atoms with van der Waals surface area (Å²) in [5.74, 6) is 0. The second-order valence-electron chi connectivity index (χ2n) is 5.55. The van der Waals surface area contributed by atoms with Gasteiger partial charge in [0.2, 0.25) is 0 Å². The molecule has 0 bridgehead atoms. The molecular formula is C18H26N2O2S. The summed E-state index contributed by atoms with van der Waals surface area (Å²) in [5, 5.41) is 4.35. The van der Waals surface area contributed by atoms with Crippen molar-refractivity contribution in [2.24, 2.45) is 5.16 Å². The van der Waals surface area contributed by atoms with Gasteiger partial charge in [0.05, 0.1) is 18.9 Å². The maximum atomic E-state index is 5.43. The monoisotopic (exact) mass is 334 g/mol. The van der Waals surface area contributed by atoms with Crippen LogP contribution in [0.3, 0.4) is 0 Å². The molecule has 0 radical (unpaired) electrons. The molecule has 1 heterocycles. The smallest absolute Gasteiger partial charge is 0.135 e. The average molecular weight is 334 g/mol. The van der Waals surface area contributed by atoms with Crippen LogP contribution in [0, 0.1) is 0 Å². The van der Waals surface area contributed by atoms with Gasteiger partial charge in [-0.3, -0.25) is 4.90 Å². The first-order chi connectivity index (χ1) is 11.2. The number of rotatable bonds is 8. The van der Waals surface area contributed by atoms with Gasteiger partial charge >= 0.3 is 0 Å². The van der Waals surface area contributed by atoms with Gasteiger partial charge in [-0.2, -0.15) is 0 Å². The summed E-state index contributed by atoms with van der Waals surface area (Å²) in [6.45, 7) is 9.92. The van der Waals surface area contributed by atoms with Crippen LogP contribution in [-0.2, 0) is 9.57 Å². The fourth-order valence-electron chi connectivity index (χ4n) is 2.59. The van der Waals surface area contributed by atoms with Crippen molar-refractivity contribution < 1.29 is 9.57 Å². The van der Waals surface area contributed by atoms with E-state index in [1.54, 1.807) is 17.8 Å². The fourth-order valence-corrected chi connectivity index (χ4v) is 2.99. The van der Waals surface area contributed by atoms with E-state index in [-0.39, 0.29) is 0 Å². The molecule has 0 aromatic heterocycles. The molecule has 1 aliphatic heterocycles. The zero-order valence-corrected chi connectivity index (χ0v) is 14.8. The minimum Gasteiger partial charge on any atom is -0.391 e. The predicted octanol–water partition coefficient (Wildman–Crippen LogP) is 3.43. The van der Waals surface area contributed by atoms with Gasteiger partial charge in [-0.1, -0.05) is 29.9 Å². The molecule has 1 saturated heterocycles. The van der Waals surface area contributed by atoms with E-state index >= 15 is 0 Å². The van der Waals surface area contributed by atoms with E-state index in [0.717, 1.165) is 44.0 Å². The predicted molar refractivity (Wildman–Crippen MR) is 97.4 cm³/mol. The van der Waals surface area contributed by atoms with Crippen molar-refractivity contribution in [1.29, 1.82) is 0 Å². The van der Waals surface area contributed by atoms with Gasteiger partial charge in [-0.25, -0.2) is 0 Å². The largest absolute Gasteiger partial charge is 0.391 e. The fraction of sp³-hybridized carbons (Fsp3) is 0.500. The Balaban J connectivity index is 2.09. The topological polar surface area (TPSA) is 34.1 Å². The molecule has 1 atom stereocenters. The molecule has 0 saturated carbocycles. The second-order valence-corrected chi connectivity index (χ2v) is 6.43. The van der Waals surface area contributed by atoms with Crippen molar-refractivity contribution in [3.8, 4) is 0 Å². The van der Waals surface area contributed by atoms with Gasteiger partial charge < -0.3 is 9.57 Å². The van der Waals surface area contributed by atoms with Gasteiger partial charge in [0, 0.05) is 30.4 Å². The normalized spacial score (nSPS) is 17.7. The molecule has 5 heteroatoms. The standard InChI is InChI=1S/C18H26N2O2S/c1-4-11-22-19-18(16-5-7-17(23-3)8-6-16)14-15(2)20-9-12-21-13-10-20/h4-8,15H,1,9-14H2,2-3H3. The number of hydrogen-bond donors (Lipinski definition) is 0. The lowest BCUT2D eigenvalue weighted by Gasteiger charge is -2.32. The third-order valence-electron chi connectivity index (χ3n) is 3.95. The van der Waals surface area contributed by atoms with Crippen molar-refractivity contribution in [2.45, 2.75) is 24.3 Å². The lowest BCUT2D eigenvalue weighted by molar-refractivity contribution is 0.0214. The minimum atomic E-state index is 0.408. The Morgan fingerprint density at radius 2 is 2.09 bits per heavy atom. The number of oxime groups is 1. The van der Waals surface area contributed by atoms with Gasteiger partial charge in [0.25, 0.3) is 0 Å². The molecule has 0 spiro atoms. The van der Waals surface area contributed by atoms with Crippen LogP contribution in [0.2, 0.25) is 0 Å². The van der Waals surface area contributed by atoms with Crippen LogP contribution in [0.15, 0.2) is 47.0 Å². The van der Waals surface area contributed by atoms with Crippen LogP contribution < -0.4 is 0 Å². The number of ether oxygens (including phenoxy) is 1. The van der Waals surface area contributed by atoms with Crippen LogP contribution in [0.4, 0.5) is 0 Å².